The van der Waals surface area contributed by atoms with Gasteiger partial charge in [-0.25, -0.2) is 4.79 Å². The Bertz CT molecular complexity index is 486. The van der Waals surface area contributed by atoms with Crippen LogP contribution in [0.15, 0.2) is 24.3 Å². The summed E-state index contributed by atoms with van der Waals surface area (Å²) >= 11 is 0.896. The number of carbonyl (C=O) groups excluding carboxylic acids is 2. The van der Waals surface area contributed by atoms with E-state index in [0.717, 1.165) is 11.8 Å². The van der Waals surface area contributed by atoms with E-state index in [2.05, 4.69) is 5.32 Å². The Morgan fingerprint density at radius 1 is 1.25 bits per heavy atom. The summed E-state index contributed by atoms with van der Waals surface area (Å²) in [6, 6.07) is 6.27. The van der Waals surface area contributed by atoms with Crippen molar-refractivity contribution in [2.75, 3.05) is 17.7 Å². The van der Waals surface area contributed by atoms with Gasteiger partial charge in [0.15, 0.2) is 0 Å². The zero-order valence-corrected chi connectivity index (χ0v) is 11.7. The van der Waals surface area contributed by atoms with Crippen LogP contribution >= 0.6 is 11.8 Å². The Balaban J connectivity index is 2.46. The van der Waals surface area contributed by atoms with Crippen molar-refractivity contribution in [3.63, 3.8) is 0 Å². The van der Waals surface area contributed by atoms with Crippen LogP contribution in [0.4, 0.5) is 10.5 Å². The van der Waals surface area contributed by atoms with Gasteiger partial charge in [0.2, 0.25) is 0 Å². The van der Waals surface area contributed by atoms with Crippen molar-refractivity contribution in [3.8, 4) is 0 Å². The SMILES string of the molecule is CCOC(=O)c1ccc(NC(=O)SCCC(=O)O)cc1. The molecule has 6 nitrogen and oxygen atoms in total. The van der Waals surface area contributed by atoms with E-state index in [1.165, 1.54) is 0 Å². The molecule has 0 saturated carbocycles. The second-order valence-corrected chi connectivity index (χ2v) is 4.77. The molecule has 1 amide bonds. The van der Waals surface area contributed by atoms with E-state index in [0.29, 0.717) is 17.9 Å². The quantitative estimate of drug-likeness (QED) is 0.784. The lowest BCUT2D eigenvalue weighted by molar-refractivity contribution is -0.136. The second-order valence-electron chi connectivity index (χ2n) is 3.70. The number of carbonyl (C=O) groups is 3. The van der Waals surface area contributed by atoms with Crippen LogP contribution in [0.3, 0.4) is 0 Å². The molecule has 1 aromatic rings. The highest BCUT2D eigenvalue weighted by Gasteiger charge is 2.08. The van der Waals surface area contributed by atoms with Gasteiger partial charge in [-0.05, 0) is 31.2 Å². The van der Waals surface area contributed by atoms with Crippen molar-refractivity contribution in [1.82, 2.24) is 0 Å². The van der Waals surface area contributed by atoms with Crippen molar-refractivity contribution in [3.05, 3.63) is 29.8 Å². The third-order valence-corrected chi connectivity index (χ3v) is 2.96. The van der Waals surface area contributed by atoms with Crippen molar-refractivity contribution >= 4 is 34.6 Å². The van der Waals surface area contributed by atoms with Gasteiger partial charge in [0.25, 0.3) is 5.24 Å². The fourth-order valence-corrected chi connectivity index (χ4v) is 1.94. The summed E-state index contributed by atoms with van der Waals surface area (Å²) in [6.45, 7) is 2.03. The van der Waals surface area contributed by atoms with E-state index in [-0.39, 0.29) is 17.4 Å². The number of nitrogens with one attached hydrogen (secondary N) is 1. The minimum atomic E-state index is -0.941. The van der Waals surface area contributed by atoms with Gasteiger partial charge in [0.1, 0.15) is 0 Å². The molecule has 0 atom stereocenters. The largest absolute Gasteiger partial charge is 0.481 e. The predicted octanol–water partition coefficient (Wildman–Crippen LogP) is 2.60. The molecular formula is C13H15NO5S. The van der Waals surface area contributed by atoms with Crippen LogP contribution < -0.4 is 5.32 Å². The maximum atomic E-state index is 11.5. The maximum Gasteiger partial charge on any atom is 0.338 e. The summed E-state index contributed by atoms with van der Waals surface area (Å²) in [6.07, 6.45) is -0.0696. The van der Waals surface area contributed by atoms with Gasteiger partial charge < -0.3 is 15.2 Å². The Hall–Kier alpha value is -2.02. The zero-order valence-electron chi connectivity index (χ0n) is 10.9. The van der Waals surface area contributed by atoms with Crippen LogP contribution in [-0.4, -0.2) is 34.6 Å². The fraction of sp³-hybridized carbons (Fsp3) is 0.308. The lowest BCUT2D eigenvalue weighted by Crippen LogP contribution is -2.08. The molecule has 0 unspecified atom stereocenters. The number of ether oxygens (including phenoxy) is 1. The molecular weight excluding hydrogens is 282 g/mol. The molecule has 7 heteroatoms. The Labute approximate surface area is 120 Å². The molecule has 20 heavy (non-hydrogen) atoms. The third-order valence-electron chi connectivity index (χ3n) is 2.19. The first-order valence-electron chi connectivity index (χ1n) is 5.95. The second kappa shape index (κ2) is 8.21. The molecule has 0 spiro atoms. The van der Waals surface area contributed by atoms with Gasteiger partial charge >= 0.3 is 11.9 Å². The molecule has 0 fully saturated rings. The van der Waals surface area contributed by atoms with Crippen molar-refractivity contribution in [2.24, 2.45) is 0 Å². The first-order chi connectivity index (χ1) is 9.52. The van der Waals surface area contributed by atoms with E-state index in [1.54, 1.807) is 31.2 Å². The van der Waals surface area contributed by atoms with Crippen LogP contribution in [-0.2, 0) is 9.53 Å². The highest BCUT2D eigenvalue weighted by Crippen LogP contribution is 2.14. The average molecular weight is 297 g/mol. The first kappa shape index (κ1) is 16.0. The number of thioether (sulfide) groups is 1. The number of esters is 1. The van der Waals surface area contributed by atoms with Crippen molar-refractivity contribution in [1.29, 1.82) is 0 Å². The van der Waals surface area contributed by atoms with Gasteiger partial charge in [-0.15, -0.1) is 0 Å². The lowest BCUT2D eigenvalue weighted by Gasteiger charge is -2.05. The molecule has 1 rings (SSSR count). The van der Waals surface area contributed by atoms with Gasteiger partial charge in [0.05, 0.1) is 18.6 Å². The highest BCUT2D eigenvalue weighted by molar-refractivity contribution is 8.13. The fourth-order valence-electron chi connectivity index (χ4n) is 1.29. The number of amides is 1. The lowest BCUT2D eigenvalue weighted by atomic mass is 10.2. The molecule has 0 aliphatic carbocycles. The average Bonchev–Trinajstić information content (AvgIpc) is 2.39. The number of anilines is 1. The minimum absolute atomic E-state index is 0.0696. The molecule has 0 heterocycles. The smallest absolute Gasteiger partial charge is 0.338 e. The van der Waals surface area contributed by atoms with Gasteiger partial charge in [0, 0.05) is 11.4 Å². The number of benzene rings is 1. The molecule has 0 saturated heterocycles. The minimum Gasteiger partial charge on any atom is -0.481 e. The van der Waals surface area contributed by atoms with Crippen LogP contribution in [0.5, 0.6) is 0 Å². The highest BCUT2D eigenvalue weighted by atomic mass is 32.2. The van der Waals surface area contributed by atoms with Crippen LogP contribution in [0, 0.1) is 0 Å². The number of hydrogen-bond acceptors (Lipinski definition) is 5. The number of hydrogen-bond donors (Lipinski definition) is 2. The van der Waals surface area contributed by atoms with Crippen LogP contribution in [0.1, 0.15) is 23.7 Å². The predicted molar refractivity (Wildman–Crippen MR) is 76.1 cm³/mol. The molecule has 0 aliphatic rings. The zero-order chi connectivity index (χ0) is 15.0. The van der Waals surface area contributed by atoms with E-state index >= 15 is 0 Å². The molecule has 0 radical (unpaired) electrons. The summed E-state index contributed by atoms with van der Waals surface area (Å²) in [5.41, 5.74) is 0.939. The van der Waals surface area contributed by atoms with Crippen LogP contribution in [0.2, 0.25) is 0 Å². The number of carboxylic acids is 1. The van der Waals surface area contributed by atoms with Crippen LogP contribution in [0.25, 0.3) is 0 Å². The first-order valence-corrected chi connectivity index (χ1v) is 6.94. The number of rotatable bonds is 6. The maximum absolute atomic E-state index is 11.5. The van der Waals surface area contributed by atoms with Gasteiger partial charge in [-0.3, -0.25) is 9.59 Å². The van der Waals surface area contributed by atoms with E-state index in [4.69, 9.17) is 9.84 Å². The Morgan fingerprint density at radius 2 is 1.90 bits per heavy atom. The Kier molecular flexibility index (Phi) is 6.58. The number of carboxylic acid groups (broad SMARTS) is 1. The molecule has 1 aromatic carbocycles. The van der Waals surface area contributed by atoms with Gasteiger partial charge in [-0.2, -0.15) is 0 Å². The van der Waals surface area contributed by atoms with Gasteiger partial charge in [-0.1, -0.05) is 11.8 Å². The van der Waals surface area contributed by atoms with Crippen molar-refractivity contribution in [2.45, 2.75) is 13.3 Å². The van der Waals surface area contributed by atoms with E-state index < -0.39 is 11.9 Å². The number of aliphatic carboxylic acids is 1. The van der Waals surface area contributed by atoms with E-state index in [1.807, 2.05) is 0 Å². The topological polar surface area (TPSA) is 92.7 Å². The summed E-state index contributed by atoms with van der Waals surface area (Å²) in [7, 11) is 0. The monoisotopic (exact) mass is 297 g/mol. The molecule has 0 bridgehead atoms. The summed E-state index contributed by atoms with van der Waals surface area (Å²) in [5.74, 6) is -1.15. The van der Waals surface area contributed by atoms with E-state index in [9.17, 15) is 14.4 Å². The summed E-state index contributed by atoms with van der Waals surface area (Å²) in [4.78, 5) is 33.2. The molecule has 0 aromatic heterocycles. The normalized spacial score (nSPS) is 9.85. The standard InChI is InChI=1S/C13H15NO5S/c1-2-19-12(17)9-3-5-10(6-4-9)14-13(18)20-8-7-11(15)16/h3-6H,2,7-8H2,1H3,(H,14,18)(H,15,16). The molecule has 0 aliphatic heterocycles. The summed E-state index contributed by atoms with van der Waals surface area (Å²) in [5, 5.41) is 10.7. The Morgan fingerprint density at radius 3 is 2.45 bits per heavy atom. The van der Waals surface area contributed by atoms with Crippen molar-refractivity contribution < 1.29 is 24.2 Å². The molecule has 2 N–H and O–H groups in total. The summed E-state index contributed by atoms with van der Waals surface area (Å²) < 4.78 is 4.84. The third kappa shape index (κ3) is 5.75. The molecule has 108 valence electrons.